The topological polar surface area (TPSA) is 55.4 Å². The van der Waals surface area contributed by atoms with Crippen molar-refractivity contribution < 1.29 is 14.3 Å². The normalized spacial score (nSPS) is 10.0. The van der Waals surface area contributed by atoms with Crippen molar-refractivity contribution in [3.05, 3.63) is 53.6 Å². The molecule has 0 aliphatic carbocycles. The monoisotopic (exact) mass is 283 g/mol. The van der Waals surface area contributed by atoms with Gasteiger partial charge in [0.1, 0.15) is 5.75 Å². The predicted molar refractivity (Wildman–Crippen MR) is 81.3 cm³/mol. The predicted octanol–water partition coefficient (Wildman–Crippen LogP) is 2.95. The average Bonchev–Trinajstić information content (AvgIpc) is 2.46. The molecule has 0 spiro atoms. The first kappa shape index (κ1) is 14.8. The number of benzene rings is 2. The molecule has 108 valence electrons. The number of nitrogens with one attached hydrogen (secondary N) is 1. The summed E-state index contributed by atoms with van der Waals surface area (Å²) >= 11 is 0. The number of carbonyl (C=O) groups excluding carboxylic acids is 2. The highest BCUT2D eigenvalue weighted by atomic mass is 16.5. The second-order valence-electron chi connectivity index (χ2n) is 4.72. The zero-order valence-corrected chi connectivity index (χ0v) is 12.3. The summed E-state index contributed by atoms with van der Waals surface area (Å²) in [5, 5.41) is 2.62. The van der Waals surface area contributed by atoms with Crippen LogP contribution in [0.5, 0.6) is 5.75 Å². The van der Waals surface area contributed by atoms with Gasteiger partial charge in [-0.15, -0.1) is 0 Å². The Morgan fingerprint density at radius 1 is 1.05 bits per heavy atom. The molecule has 2 aromatic rings. The lowest BCUT2D eigenvalue weighted by molar-refractivity contribution is -0.131. The van der Waals surface area contributed by atoms with Gasteiger partial charge in [-0.1, -0.05) is 30.3 Å². The summed E-state index contributed by atoms with van der Waals surface area (Å²) in [6.07, 6.45) is 0. The number of rotatable bonds is 3. The average molecular weight is 283 g/mol. The van der Waals surface area contributed by atoms with Crippen molar-refractivity contribution in [3.8, 4) is 16.9 Å². The summed E-state index contributed by atoms with van der Waals surface area (Å²) in [5.41, 5.74) is 2.97. The Morgan fingerprint density at radius 3 is 2.43 bits per heavy atom. The Morgan fingerprint density at radius 2 is 1.76 bits per heavy atom. The van der Waals surface area contributed by atoms with Crippen LogP contribution in [0, 0.1) is 6.92 Å². The van der Waals surface area contributed by atoms with Gasteiger partial charge in [-0.3, -0.25) is 9.59 Å². The van der Waals surface area contributed by atoms with Crippen LogP contribution < -0.4 is 10.1 Å². The van der Waals surface area contributed by atoms with Crippen LogP contribution >= 0.6 is 0 Å². The van der Waals surface area contributed by atoms with Crippen LogP contribution in [0.4, 0.5) is 0 Å². The molecule has 0 aliphatic heterocycles. The molecular formula is C17H17NO3. The maximum Gasteiger partial charge on any atom is 0.308 e. The Kier molecular flexibility index (Phi) is 4.38. The van der Waals surface area contributed by atoms with E-state index in [0.29, 0.717) is 11.3 Å². The van der Waals surface area contributed by atoms with Crippen molar-refractivity contribution in [2.45, 2.75) is 13.8 Å². The molecule has 0 radical (unpaired) electrons. The fourth-order valence-electron chi connectivity index (χ4n) is 2.14. The molecule has 0 heterocycles. The molecule has 0 saturated carbocycles. The van der Waals surface area contributed by atoms with E-state index >= 15 is 0 Å². The van der Waals surface area contributed by atoms with Crippen molar-refractivity contribution in [2.24, 2.45) is 0 Å². The van der Waals surface area contributed by atoms with E-state index in [9.17, 15) is 9.59 Å². The Bertz CT molecular complexity index is 692. The third-order valence-corrected chi connectivity index (χ3v) is 3.08. The maximum absolute atomic E-state index is 12.0. The minimum atomic E-state index is -0.390. The highest BCUT2D eigenvalue weighted by Crippen LogP contribution is 2.33. The number of amides is 1. The molecule has 0 aromatic heterocycles. The number of esters is 1. The smallest absolute Gasteiger partial charge is 0.308 e. The van der Waals surface area contributed by atoms with Gasteiger partial charge in [-0.25, -0.2) is 0 Å². The van der Waals surface area contributed by atoms with Crippen molar-refractivity contribution >= 4 is 11.9 Å². The Hall–Kier alpha value is -2.62. The lowest BCUT2D eigenvalue weighted by Gasteiger charge is -2.13. The van der Waals surface area contributed by atoms with E-state index < -0.39 is 0 Å². The van der Waals surface area contributed by atoms with E-state index in [1.54, 1.807) is 25.2 Å². The number of carbonyl (C=O) groups is 2. The molecule has 4 nitrogen and oxygen atoms in total. The van der Waals surface area contributed by atoms with E-state index in [-0.39, 0.29) is 11.9 Å². The Balaban J connectivity index is 2.61. The quantitative estimate of drug-likeness (QED) is 0.696. The van der Waals surface area contributed by atoms with E-state index in [0.717, 1.165) is 16.7 Å². The van der Waals surface area contributed by atoms with Crippen LogP contribution in [0.2, 0.25) is 0 Å². The lowest BCUT2D eigenvalue weighted by Crippen LogP contribution is -2.18. The van der Waals surface area contributed by atoms with Gasteiger partial charge < -0.3 is 10.1 Å². The van der Waals surface area contributed by atoms with Crippen molar-refractivity contribution in [3.63, 3.8) is 0 Å². The molecule has 2 rings (SSSR count). The standard InChI is InChI=1S/C17H17NO3/c1-11-8-9-14(16(10-11)21-12(2)19)13-6-4-5-7-15(13)17(20)18-3/h4-10H,1-3H3,(H,18,20). The largest absolute Gasteiger partial charge is 0.426 e. The van der Waals surface area contributed by atoms with Crippen molar-refractivity contribution in [1.82, 2.24) is 5.32 Å². The highest BCUT2D eigenvalue weighted by molar-refractivity contribution is 6.01. The molecule has 21 heavy (non-hydrogen) atoms. The number of hydrogen-bond acceptors (Lipinski definition) is 3. The number of ether oxygens (including phenoxy) is 1. The minimum Gasteiger partial charge on any atom is -0.426 e. The van der Waals surface area contributed by atoms with Crippen LogP contribution in [0.1, 0.15) is 22.8 Å². The fourth-order valence-corrected chi connectivity index (χ4v) is 2.14. The molecule has 0 fully saturated rings. The molecule has 0 aliphatic rings. The molecule has 0 atom stereocenters. The molecular weight excluding hydrogens is 266 g/mol. The third-order valence-electron chi connectivity index (χ3n) is 3.08. The number of hydrogen-bond donors (Lipinski definition) is 1. The summed E-state index contributed by atoms with van der Waals surface area (Å²) in [6, 6.07) is 12.8. The molecule has 4 heteroatoms. The summed E-state index contributed by atoms with van der Waals surface area (Å²) in [6.45, 7) is 3.28. The van der Waals surface area contributed by atoms with Crippen LogP contribution in [-0.4, -0.2) is 18.9 Å². The summed E-state index contributed by atoms with van der Waals surface area (Å²) in [7, 11) is 1.58. The highest BCUT2D eigenvalue weighted by Gasteiger charge is 2.15. The summed E-state index contributed by atoms with van der Waals surface area (Å²) in [4.78, 5) is 23.3. The zero-order chi connectivity index (χ0) is 15.4. The molecule has 0 saturated heterocycles. The third kappa shape index (κ3) is 3.28. The molecule has 2 aromatic carbocycles. The summed E-state index contributed by atoms with van der Waals surface area (Å²) in [5.74, 6) is -0.113. The Labute approximate surface area is 123 Å². The van der Waals surface area contributed by atoms with Gasteiger partial charge in [0.05, 0.1) is 0 Å². The van der Waals surface area contributed by atoms with Crippen LogP contribution in [-0.2, 0) is 4.79 Å². The second-order valence-corrected chi connectivity index (χ2v) is 4.72. The van der Waals surface area contributed by atoms with Crippen molar-refractivity contribution in [2.75, 3.05) is 7.05 Å². The van der Waals surface area contributed by atoms with Gasteiger partial charge in [0.15, 0.2) is 0 Å². The first-order chi connectivity index (χ1) is 10.0. The number of aryl methyl sites for hydroxylation is 1. The SMILES string of the molecule is CNC(=O)c1ccccc1-c1ccc(C)cc1OC(C)=O. The maximum atomic E-state index is 12.0. The second kappa shape index (κ2) is 6.22. The van der Waals surface area contributed by atoms with Gasteiger partial charge in [-0.05, 0) is 30.2 Å². The molecule has 1 amide bonds. The lowest BCUT2D eigenvalue weighted by atomic mass is 9.97. The van der Waals surface area contributed by atoms with Gasteiger partial charge >= 0.3 is 5.97 Å². The minimum absolute atomic E-state index is 0.181. The first-order valence-corrected chi connectivity index (χ1v) is 6.63. The van der Waals surface area contributed by atoms with Gasteiger partial charge in [0.25, 0.3) is 5.91 Å². The van der Waals surface area contributed by atoms with E-state index in [2.05, 4.69) is 5.32 Å². The van der Waals surface area contributed by atoms with Crippen molar-refractivity contribution in [1.29, 1.82) is 0 Å². The first-order valence-electron chi connectivity index (χ1n) is 6.63. The van der Waals surface area contributed by atoms with Gasteiger partial charge in [-0.2, -0.15) is 0 Å². The summed E-state index contributed by atoms with van der Waals surface area (Å²) < 4.78 is 5.28. The van der Waals surface area contributed by atoms with E-state index in [4.69, 9.17) is 4.74 Å². The molecule has 1 N–H and O–H groups in total. The van der Waals surface area contributed by atoms with E-state index in [1.165, 1.54) is 6.92 Å². The van der Waals surface area contributed by atoms with Crippen LogP contribution in [0.15, 0.2) is 42.5 Å². The molecule has 0 bridgehead atoms. The van der Waals surface area contributed by atoms with Gasteiger partial charge in [0, 0.05) is 25.1 Å². The van der Waals surface area contributed by atoms with Gasteiger partial charge in [0.2, 0.25) is 0 Å². The zero-order valence-electron chi connectivity index (χ0n) is 12.3. The van der Waals surface area contributed by atoms with E-state index in [1.807, 2.05) is 31.2 Å². The fraction of sp³-hybridized carbons (Fsp3) is 0.176. The van der Waals surface area contributed by atoms with Crippen LogP contribution in [0.25, 0.3) is 11.1 Å². The molecule has 0 unspecified atom stereocenters. The van der Waals surface area contributed by atoms with Crippen LogP contribution in [0.3, 0.4) is 0 Å².